The number of nitro groups is 1. The first-order chi connectivity index (χ1) is 14.3. The maximum atomic E-state index is 12.7. The molecule has 8 heteroatoms. The number of carbonyl (C=O) groups is 2. The summed E-state index contributed by atoms with van der Waals surface area (Å²) in [6.45, 7) is 4.35. The highest BCUT2D eigenvalue weighted by Crippen LogP contribution is 2.35. The van der Waals surface area contributed by atoms with Crippen LogP contribution in [0.4, 0.5) is 11.4 Å². The molecule has 1 heterocycles. The molecule has 8 nitrogen and oxygen atoms in total. The van der Waals surface area contributed by atoms with E-state index >= 15 is 0 Å². The summed E-state index contributed by atoms with van der Waals surface area (Å²) in [7, 11) is 1.39. The zero-order valence-electron chi connectivity index (χ0n) is 17.2. The number of rotatable bonds is 7. The van der Waals surface area contributed by atoms with Crippen molar-refractivity contribution in [2.45, 2.75) is 32.6 Å². The summed E-state index contributed by atoms with van der Waals surface area (Å²) in [5, 5.41) is 11.3. The lowest BCUT2D eigenvalue weighted by Crippen LogP contribution is -2.28. The summed E-state index contributed by atoms with van der Waals surface area (Å²) in [4.78, 5) is 37.6. The number of esters is 1. The van der Waals surface area contributed by atoms with Gasteiger partial charge in [-0.05, 0) is 36.1 Å². The third kappa shape index (κ3) is 4.27. The van der Waals surface area contributed by atoms with E-state index in [1.165, 1.54) is 25.3 Å². The lowest BCUT2D eigenvalue weighted by atomic mass is 9.96. The molecular weight excluding hydrogens is 388 g/mol. The first-order valence-corrected chi connectivity index (χ1v) is 9.79. The van der Waals surface area contributed by atoms with Crippen LogP contribution in [0.15, 0.2) is 42.5 Å². The van der Waals surface area contributed by atoms with Crippen LogP contribution in [0.5, 0.6) is 11.5 Å². The summed E-state index contributed by atoms with van der Waals surface area (Å²) in [5.74, 6) is -1.16. The first-order valence-electron chi connectivity index (χ1n) is 9.79. The molecule has 0 spiro atoms. The molecule has 0 aromatic heterocycles. The van der Waals surface area contributed by atoms with Crippen LogP contribution in [0.1, 0.15) is 38.2 Å². The molecule has 158 valence electrons. The van der Waals surface area contributed by atoms with Crippen LogP contribution in [0.25, 0.3) is 0 Å². The quantitative estimate of drug-likeness (QED) is 0.294. The highest BCUT2D eigenvalue weighted by Gasteiger charge is 2.38. The van der Waals surface area contributed by atoms with Gasteiger partial charge < -0.3 is 14.4 Å². The van der Waals surface area contributed by atoms with Gasteiger partial charge in [0.05, 0.1) is 24.0 Å². The predicted molar refractivity (Wildman–Crippen MR) is 111 cm³/mol. The monoisotopic (exact) mass is 412 g/mol. The van der Waals surface area contributed by atoms with Gasteiger partial charge in [-0.3, -0.25) is 19.7 Å². The van der Waals surface area contributed by atoms with E-state index in [0.29, 0.717) is 0 Å². The molecule has 0 aliphatic carbocycles. The zero-order chi connectivity index (χ0) is 21.8. The molecule has 30 heavy (non-hydrogen) atoms. The van der Waals surface area contributed by atoms with Gasteiger partial charge in [-0.15, -0.1) is 0 Å². The minimum absolute atomic E-state index is 0.00236. The van der Waals surface area contributed by atoms with Crippen molar-refractivity contribution in [2.24, 2.45) is 5.92 Å². The molecule has 0 radical (unpaired) electrons. The normalized spacial score (nSPS) is 17.0. The second kappa shape index (κ2) is 8.94. The minimum atomic E-state index is -0.704. The summed E-state index contributed by atoms with van der Waals surface area (Å²) in [5.41, 5.74) is 1.47. The Kier molecular flexibility index (Phi) is 6.34. The Morgan fingerprint density at radius 3 is 2.70 bits per heavy atom. The number of hydrogen-bond acceptors (Lipinski definition) is 6. The molecule has 0 N–H and O–H groups in total. The third-order valence-electron chi connectivity index (χ3n) is 5.40. The number of ether oxygens (including phenoxy) is 2. The summed E-state index contributed by atoms with van der Waals surface area (Å²) in [6, 6.07) is 11.6. The topological polar surface area (TPSA) is 99.0 Å². The smallest absolute Gasteiger partial charge is 0.316 e. The van der Waals surface area contributed by atoms with E-state index in [0.717, 1.165) is 17.7 Å². The first kappa shape index (κ1) is 21.3. The zero-order valence-corrected chi connectivity index (χ0v) is 17.2. The number of para-hydroxylation sites is 1. The second-order valence-corrected chi connectivity index (χ2v) is 7.29. The predicted octanol–water partition coefficient (Wildman–Crippen LogP) is 4.08. The fourth-order valence-electron chi connectivity index (χ4n) is 3.51. The number of benzene rings is 2. The Hall–Kier alpha value is -3.42. The minimum Gasteiger partial charge on any atom is -0.496 e. The fourth-order valence-corrected chi connectivity index (χ4v) is 3.51. The maximum absolute atomic E-state index is 12.7. The van der Waals surface area contributed by atoms with Crippen molar-refractivity contribution < 1.29 is 24.0 Å². The van der Waals surface area contributed by atoms with Gasteiger partial charge >= 0.3 is 11.7 Å². The molecule has 1 aliphatic heterocycles. The Morgan fingerprint density at radius 2 is 2.03 bits per heavy atom. The fraction of sp³-hybridized carbons (Fsp3) is 0.364. The summed E-state index contributed by atoms with van der Waals surface area (Å²) in [6.07, 6.45) is 0.920. The average Bonchev–Trinajstić information content (AvgIpc) is 3.14. The number of nitro benzene ring substituents is 1. The molecular formula is C22H24N2O6. The van der Waals surface area contributed by atoms with Gasteiger partial charge in [-0.1, -0.05) is 32.0 Å². The van der Waals surface area contributed by atoms with Crippen molar-refractivity contribution >= 4 is 23.3 Å². The summed E-state index contributed by atoms with van der Waals surface area (Å²) < 4.78 is 10.3. The van der Waals surface area contributed by atoms with Gasteiger partial charge in [0.2, 0.25) is 11.7 Å². The molecule has 2 aromatic carbocycles. The van der Waals surface area contributed by atoms with Crippen LogP contribution >= 0.6 is 0 Å². The van der Waals surface area contributed by atoms with E-state index < -0.39 is 16.8 Å². The number of nitrogens with zero attached hydrogens (tertiary/aromatic N) is 2. The largest absolute Gasteiger partial charge is 0.496 e. The Morgan fingerprint density at radius 1 is 1.30 bits per heavy atom. The van der Waals surface area contributed by atoms with Crippen LogP contribution in [0.3, 0.4) is 0 Å². The van der Waals surface area contributed by atoms with Gasteiger partial charge in [0, 0.05) is 18.7 Å². The van der Waals surface area contributed by atoms with Gasteiger partial charge in [0.15, 0.2) is 0 Å². The SMILES string of the molecule is CCC(C)c1ccccc1N1CC(C(=O)Oc2ccc(OC)cc2[N+](=O)[O-])CC1=O. The van der Waals surface area contributed by atoms with Crippen molar-refractivity contribution in [3.8, 4) is 11.5 Å². The number of methoxy groups -OCH3 is 1. The standard InChI is InChI=1S/C22H24N2O6/c1-4-14(2)17-7-5-6-8-18(17)23-13-15(11-21(23)25)22(26)30-20-10-9-16(29-3)12-19(20)24(27)28/h5-10,12,14-15H,4,11,13H2,1-3H3. The molecule has 2 unspecified atom stereocenters. The Labute approximate surface area is 174 Å². The van der Waals surface area contributed by atoms with E-state index in [4.69, 9.17) is 9.47 Å². The van der Waals surface area contributed by atoms with E-state index in [1.807, 2.05) is 24.3 Å². The van der Waals surface area contributed by atoms with Crippen molar-refractivity contribution in [3.63, 3.8) is 0 Å². The Balaban J connectivity index is 1.79. The van der Waals surface area contributed by atoms with Crippen LogP contribution in [-0.2, 0) is 9.59 Å². The molecule has 1 aliphatic rings. The van der Waals surface area contributed by atoms with E-state index in [9.17, 15) is 19.7 Å². The van der Waals surface area contributed by atoms with Crippen molar-refractivity contribution in [1.29, 1.82) is 0 Å². The number of hydrogen-bond donors (Lipinski definition) is 0. The number of carbonyl (C=O) groups excluding carboxylic acids is 2. The maximum Gasteiger partial charge on any atom is 0.316 e. The molecule has 3 rings (SSSR count). The van der Waals surface area contributed by atoms with Crippen LogP contribution < -0.4 is 14.4 Å². The molecule has 1 saturated heterocycles. The van der Waals surface area contributed by atoms with E-state index in [1.54, 1.807) is 4.90 Å². The number of amides is 1. The van der Waals surface area contributed by atoms with Crippen molar-refractivity contribution in [2.75, 3.05) is 18.6 Å². The lowest BCUT2D eigenvalue weighted by molar-refractivity contribution is -0.385. The molecule has 2 atom stereocenters. The third-order valence-corrected chi connectivity index (χ3v) is 5.40. The van der Waals surface area contributed by atoms with Crippen molar-refractivity contribution in [3.05, 3.63) is 58.1 Å². The van der Waals surface area contributed by atoms with Crippen LogP contribution in [0.2, 0.25) is 0 Å². The van der Waals surface area contributed by atoms with E-state index in [-0.39, 0.29) is 42.0 Å². The van der Waals surface area contributed by atoms with Gasteiger partial charge in [-0.2, -0.15) is 0 Å². The highest BCUT2D eigenvalue weighted by molar-refractivity contribution is 6.00. The van der Waals surface area contributed by atoms with Gasteiger partial charge in [0.1, 0.15) is 5.75 Å². The highest BCUT2D eigenvalue weighted by atomic mass is 16.6. The molecule has 1 fully saturated rings. The van der Waals surface area contributed by atoms with Crippen LogP contribution in [0, 0.1) is 16.0 Å². The van der Waals surface area contributed by atoms with Crippen molar-refractivity contribution in [1.82, 2.24) is 0 Å². The molecule has 0 saturated carbocycles. The summed E-state index contributed by atoms with van der Waals surface area (Å²) >= 11 is 0. The average molecular weight is 412 g/mol. The molecule has 0 bridgehead atoms. The van der Waals surface area contributed by atoms with E-state index in [2.05, 4.69) is 13.8 Å². The molecule has 1 amide bonds. The second-order valence-electron chi connectivity index (χ2n) is 7.29. The lowest BCUT2D eigenvalue weighted by Gasteiger charge is -2.23. The number of anilines is 1. The Bertz CT molecular complexity index is 974. The van der Waals surface area contributed by atoms with Gasteiger partial charge in [0.25, 0.3) is 0 Å². The van der Waals surface area contributed by atoms with Gasteiger partial charge in [-0.25, -0.2) is 0 Å². The van der Waals surface area contributed by atoms with Crippen LogP contribution in [-0.4, -0.2) is 30.5 Å². The molecule has 2 aromatic rings.